The number of hydrogen-bond donors (Lipinski definition) is 2. The number of hydrogen-bond acceptors (Lipinski definition) is 7. The molecule has 1 heterocycles. The van der Waals surface area contributed by atoms with Crippen LogP contribution < -0.4 is 15.5 Å². The van der Waals surface area contributed by atoms with Crippen LogP contribution in [0.5, 0.6) is 0 Å². The smallest absolute Gasteiger partial charge is 0.333 e. The predicted octanol–water partition coefficient (Wildman–Crippen LogP) is 4.34. The maximum absolute atomic E-state index is 13.5. The van der Waals surface area contributed by atoms with Crippen molar-refractivity contribution in [2.75, 3.05) is 12.4 Å². The minimum absolute atomic E-state index is 0.0383. The van der Waals surface area contributed by atoms with Gasteiger partial charge in [-0.05, 0) is 30.3 Å². The Bertz CT molecular complexity index is 1620. The van der Waals surface area contributed by atoms with Gasteiger partial charge in [-0.25, -0.2) is 17.9 Å². The van der Waals surface area contributed by atoms with Gasteiger partial charge in [0.15, 0.2) is 10.7 Å². The van der Waals surface area contributed by atoms with E-state index in [1.54, 1.807) is 36.4 Å². The summed E-state index contributed by atoms with van der Waals surface area (Å²) in [5.74, 6) is -0.846. The molecule has 2 amide bonds. The number of rotatable bonds is 6. The highest BCUT2D eigenvalue weighted by atomic mass is 35.5. The van der Waals surface area contributed by atoms with Gasteiger partial charge in [0.2, 0.25) is 5.43 Å². The Hall–Kier alpha value is -4.15. The molecule has 0 saturated carbocycles. The zero-order chi connectivity index (χ0) is 25.9. The summed E-state index contributed by atoms with van der Waals surface area (Å²) in [6.07, 6.45) is -0.196. The van der Waals surface area contributed by atoms with E-state index in [-0.39, 0.29) is 34.4 Å². The Labute approximate surface area is 210 Å². The molecule has 0 aliphatic carbocycles. The number of nitrogens with one attached hydrogen (secondary N) is 2. The fourth-order valence-corrected chi connectivity index (χ4v) is 4.79. The summed E-state index contributed by atoms with van der Waals surface area (Å²) >= 11 is 5.83. The second-order valence-electron chi connectivity index (χ2n) is 7.57. The standard InChI is InChI=1S/C25H19ClN2O7S/c1-34-20(29)14-16-8-5-9-19-21(30)24(23(35-22(16)19)15-6-3-2-4-7-15)36(32,33)28-25(31)27-18-12-10-17(26)11-13-18/h2-13H,14H2,1H3,(H2,27,28,31). The molecule has 4 aromatic rings. The number of ether oxygens (including phenoxy) is 1. The number of fused-ring (bicyclic) bond motifs is 1. The largest absolute Gasteiger partial charge is 0.469 e. The van der Waals surface area contributed by atoms with Gasteiger partial charge in [-0.15, -0.1) is 0 Å². The third-order valence-corrected chi connectivity index (χ3v) is 6.77. The molecule has 184 valence electrons. The zero-order valence-electron chi connectivity index (χ0n) is 18.8. The number of sulfonamides is 1. The summed E-state index contributed by atoms with van der Waals surface area (Å²) in [5, 5.41) is 2.73. The molecule has 0 bridgehead atoms. The topological polar surface area (TPSA) is 132 Å². The van der Waals surface area contributed by atoms with Gasteiger partial charge >= 0.3 is 12.0 Å². The minimum atomic E-state index is -4.72. The zero-order valence-corrected chi connectivity index (χ0v) is 20.4. The Balaban J connectivity index is 1.85. The molecular weight excluding hydrogens is 508 g/mol. The lowest BCUT2D eigenvalue weighted by atomic mass is 10.1. The Morgan fingerprint density at radius 3 is 2.33 bits per heavy atom. The summed E-state index contributed by atoms with van der Waals surface area (Å²) < 4.78 is 39.2. The van der Waals surface area contributed by atoms with Crippen molar-refractivity contribution in [1.82, 2.24) is 4.72 Å². The van der Waals surface area contributed by atoms with Gasteiger partial charge in [-0.2, -0.15) is 0 Å². The molecule has 0 aliphatic rings. The van der Waals surface area contributed by atoms with E-state index in [0.29, 0.717) is 10.6 Å². The summed E-state index contributed by atoms with van der Waals surface area (Å²) in [6.45, 7) is 0. The monoisotopic (exact) mass is 526 g/mol. The number of halogens is 1. The first kappa shape index (κ1) is 25.0. The van der Waals surface area contributed by atoms with Gasteiger partial charge in [-0.3, -0.25) is 9.59 Å². The number of urea groups is 1. The van der Waals surface area contributed by atoms with E-state index in [9.17, 15) is 22.8 Å². The minimum Gasteiger partial charge on any atom is -0.469 e. The van der Waals surface area contributed by atoms with Crippen molar-refractivity contribution in [2.45, 2.75) is 11.3 Å². The molecule has 4 rings (SSSR count). The Morgan fingerprint density at radius 1 is 0.972 bits per heavy atom. The molecule has 1 aromatic heterocycles. The summed E-state index contributed by atoms with van der Waals surface area (Å²) in [4.78, 5) is 37.1. The van der Waals surface area contributed by atoms with E-state index < -0.39 is 32.3 Å². The quantitative estimate of drug-likeness (QED) is 0.357. The highest BCUT2D eigenvalue weighted by Crippen LogP contribution is 2.30. The molecule has 9 nitrogen and oxygen atoms in total. The molecule has 36 heavy (non-hydrogen) atoms. The maximum Gasteiger partial charge on any atom is 0.333 e. The number of amides is 2. The van der Waals surface area contributed by atoms with E-state index >= 15 is 0 Å². The van der Waals surface area contributed by atoms with Gasteiger partial charge in [0.1, 0.15) is 5.58 Å². The second-order valence-corrected chi connectivity index (χ2v) is 9.62. The van der Waals surface area contributed by atoms with Crippen LogP contribution in [0.4, 0.5) is 10.5 Å². The molecule has 0 unspecified atom stereocenters. The highest BCUT2D eigenvalue weighted by molar-refractivity contribution is 7.90. The first-order chi connectivity index (χ1) is 17.2. The van der Waals surface area contributed by atoms with Crippen LogP contribution in [0.15, 0.2) is 86.9 Å². The lowest BCUT2D eigenvalue weighted by Crippen LogP contribution is -2.37. The van der Waals surface area contributed by atoms with Crippen LogP contribution in [0.2, 0.25) is 5.02 Å². The van der Waals surface area contributed by atoms with Crippen LogP contribution in [0, 0.1) is 0 Å². The molecule has 0 spiro atoms. The molecule has 0 aliphatic heterocycles. The lowest BCUT2D eigenvalue weighted by Gasteiger charge is -2.14. The number of benzene rings is 3. The van der Waals surface area contributed by atoms with E-state index in [0.717, 1.165) is 0 Å². The second kappa shape index (κ2) is 10.2. The number of carbonyl (C=O) groups excluding carboxylic acids is 2. The average Bonchev–Trinajstić information content (AvgIpc) is 2.85. The van der Waals surface area contributed by atoms with Gasteiger partial charge in [0.05, 0.1) is 18.9 Å². The first-order valence-electron chi connectivity index (χ1n) is 10.5. The van der Waals surface area contributed by atoms with Crippen molar-refractivity contribution in [3.63, 3.8) is 0 Å². The Morgan fingerprint density at radius 2 is 1.67 bits per heavy atom. The summed E-state index contributed by atoms with van der Waals surface area (Å²) in [7, 11) is -3.49. The van der Waals surface area contributed by atoms with E-state index in [1.165, 1.54) is 43.5 Å². The van der Waals surface area contributed by atoms with Crippen LogP contribution >= 0.6 is 11.6 Å². The molecule has 11 heteroatoms. The third kappa shape index (κ3) is 5.24. The van der Waals surface area contributed by atoms with Crippen molar-refractivity contribution >= 4 is 50.3 Å². The fourth-order valence-electron chi connectivity index (χ4n) is 3.51. The van der Waals surface area contributed by atoms with Crippen molar-refractivity contribution in [3.8, 4) is 11.3 Å². The molecule has 0 atom stereocenters. The maximum atomic E-state index is 13.5. The van der Waals surface area contributed by atoms with Gasteiger partial charge in [0, 0.05) is 21.8 Å². The van der Waals surface area contributed by atoms with Gasteiger partial charge in [0.25, 0.3) is 10.0 Å². The van der Waals surface area contributed by atoms with Crippen molar-refractivity contribution in [1.29, 1.82) is 0 Å². The van der Waals surface area contributed by atoms with Gasteiger partial charge in [-0.1, -0.05) is 54.1 Å². The molecule has 2 N–H and O–H groups in total. The summed E-state index contributed by atoms with van der Waals surface area (Å²) in [6, 6.07) is 17.4. The number of methoxy groups -OCH3 is 1. The highest BCUT2D eigenvalue weighted by Gasteiger charge is 2.30. The van der Waals surface area contributed by atoms with Crippen molar-refractivity contribution in [3.05, 3.63) is 93.6 Å². The normalized spacial score (nSPS) is 11.2. The average molecular weight is 527 g/mol. The van der Waals surface area contributed by atoms with Crippen molar-refractivity contribution in [2.24, 2.45) is 0 Å². The predicted molar refractivity (Wildman–Crippen MR) is 134 cm³/mol. The molecule has 0 fully saturated rings. The SMILES string of the molecule is COC(=O)Cc1cccc2c(=O)c(S(=O)(=O)NC(=O)Nc3ccc(Cl)cc3)c(-c3ccccc3)oc12. The van der Waals surface area contributed by atoms with Crippen LogP contribution in [0.25, 0.3) is 22.3 Å². The Kier molecular flexibility index (Phi) is 7.09. The van der Waals surface area contributed by atoms with Crippen LogP contribution in [-0.4, -0.2) is 27.5 Å². The summed E-state index contributed by atoms with van der Waals surface area (Å²) in [5.41, 5.74) is 0.0483. The molecule has 3 aromatic carbocycles. The fraction of sp³-hybridized carbons (Fsp3) is 0.0800. The number of anilines is 1. The van der Waals surface area contributed by atoms with Crippen LogP contribution in [-0.2, 0) is 26.0 Å². The van der Waals surface area contributed by atoms with Gasteiger partial charge < -0.3 is 14.5 Å². The number of para-hydroxylation sites is 1. The number of carbonyl (C=O) groups is 2. The molecule has 0 saturated heterocycles. The van der Waals surface area contributed by atoms with Crippen LogP contribution in [0.1, 0.15) is 5.56 Å². The third-order valence-electron chi connectivity index (χ3n) is 5.15. The van der Waals surface area contributed by atoms with E-state index in [4.69, 9.17) is 20.8 Å². The lowest BCUT2D eigenvalue weighted by molar-refractivity contribution is -0.139. The molecular formula is C25H19ClN2O7S. The number of esters is 1. The van der Waals surface area contributed by atoms with E-state index in [2.05, 4.69) is 5.32 Å². The first-order valence-corrected chi connectivity index (χ1v) is 12.4. The molecule has 0 radical (unpaired) electrons. The van der Waals surface area contributed by atoms with Crippen LogP contribution in [0.3, 0.4) is 0 Å². The van der Waals surface area contributed by atoms with E-state index in [1.807, 2.05) is 4.72 Å². The van der Waals surface area contributed by atoms with Crippen molar-refractivity contribution < 1.29 is 27.2 Å².